The Morgan fingerprint density at radius 2 is 1.76 bits per heavy atom. The van der Waals surface area contributed by atoms with Crippen molar-refractivity contribution in [2.45, 2.75) is 59.4 Å². The lowest BCUT2D eigenvalue weighted by molar-refractivity contribution is 0.187. The molecule has 0 aromatic heterocycles. The molecule has 17 heavy (non-hydrogen) atoms. The van der Waals surface area contributed by atoms with Gasteiger partial charge in [0.05, 0.1) is 0 Å². The summed E-state index contributed by atoms with van der Waals surface area (Å²) >= 11 is 0. The Balaban J connectivity index is 2.28. The normalized spacial score (nSPS) is 26.6. The molecule has 0 aliphatic heterocycles. The number of rotatable bonds is 4. The maximum Gasteiger partial charge on any atom is 0.314 e. The Kier molecular flexibility index (Phi) is 5.79. The van der Waals surface area contributed by atoms with Crippen LogP contribution in [-0.4, -0.2) is 18.6 Å². The van der Waals surface area contributed by atoms with Crippen LogP contribution in [0.1, 0.15) is 53.4 Å². The summed E-state index contributed by atoms with van der Waals surface area (Å²) in [5.41, 5.74) is 0. The van der Waals surface area contributed by atoms with Gasteiger partial charge in [-0.1, -0.05) is 20.8 Å². The lowest BCUT2D eigenvalue weighted by atomic mass is 9.75. The third-order valence-electron chi connectivity index (χ3n) is 4.24. The van der Waals surface area contributed by atoms with Crippen LogP contribution in [0.2, 0.25) is 0 Å². The minimum Gasteiger partial charge on any atom is -0.338 e. The molecule has 3 heteroatoms. The minimum atomic E-state index is -0.00661. The van der Waals surface area contributed by atoms with E-state index in [1.807, 2.05) is 6.92 Å². The van der Waals surface area contributed by atoms with Crippen LogP contribution < -0.4 is 10.6 Å². The van der Waals surface area contributed by atoms with E-state index in [9.17, 15) is 4.79 Å². The quantitative estimate of drug-likeness (QED) is 0.778. The summed E-state index contributed by atoms with van der Waals surface area (Å²) in [6.07, 6.45) is 4.80. The van der Waals surface area contributed by atoms with Gasteiger partial charge in [0.25, 0.3) is 0 Å². The van der Waals surface area contributed by atoms with Gasteiger partial charge >= 0.3 is 6.03 Å². The highest BCUT2D eigenvalue weighted by atomic mass is 16.2. The second-order valence-electron chi connectivity index (χ2n) is 5.72. The maximum atomic E-state index is 11.4. The highest BCUT2D eigenvalue weighted by Gasteiger charge is 2.27. The first-order valence-corrected chi connectivity index (χ1v) is 7.09. The van der Waals surface area contributed by atoms with E-state index >= 15 is 0 Å². The van der Waals surface area contributed by atoms with Crippen LogP contribution in [0.3, 0.4) is 0 Å². The molecule has 1 fully saturated rings. The molecule has 2 amide bonds. The number of carbonyl (C=O) groups excluding carboxylic acids is 1. The second-order valence-corrected chi connectivity index (χ2v) is 5.72. The standard InChI is InChI=1S/C14H28N2O/c1-5-15-14(17)16-13-8-6-12(7-9-13)11(4)10(2)3/h10-13H,5-9H2,1-4H3,(H2,15,16,17)/t11?,12-,13-. The average molecular weight is 240 g/mol. The average Bonchev–Trinajstić information content (AvgIpc) is 2.29. The number of urea groups is 1. The van der Waals surface area contributed by atoms with Crippen molar-refractivity contribution in [3.8, 4) is 0 Å². The van der Waals surface area contributed by atoms with Gasteiger partial charge in [-0.15, -0.1) is 0 Å². The highest BCUT2D eigenvalue weighted by molar-refractivity contribution is 5.74. The van der Waals surface area contributed by atoms with Crippen LogP contribution in [0.5, 0.6) is 0 Å². The van der Waals surface area contributed by atoms with E-state index < -0.39 is 0 Å². The fourth-order valence-electron chi connectivity index (χ4n) is 2.73. The monoisotopic (exact) mass is 240 g/mol. The number of nitrogens with one attached hydrogen (secondary N) is 2. The summed E-state index contributed by atoms with van der Waals surface area (Å²) in [5, 5.41) is 5.85. The molecule has 1 rings (SSSR count). The zero-order chi connectivity index (χ0) is 12.8. The zero-order valence-electron chi connectivity index (χ0n) is 11.8. The van der Waals surface area contributed by atoms with Gasteiger partial charge in [-0.3, -0.25) is 0 Å². The first-order valence-electron chi connectivity index (χ1n) is 7.09. The van der Waals surface area contributed by atoms with Crippen molar-refractivity contribution in [1.29, 1.82) is 0 Å². The van der Waals surface area contributed by atoms with Crippen molar-refractivity contribution in [3.05, 3.63) is 0 Å². The molecule has 2 N–H and O–H groups in total. The molecule has 0 aromatic rings. The Hall–Kier alpha value is -0.730. The molecule has 1 aliphatic carbocycles. The lowest BCUT2D eigenvalue weighted by Gasteiger charge is -2.34. The summed E-state index contributed by atoms with van der Waals surface area (Å²) in [6, 6.07) is 0.380. The summed E-state index contributed by atoms with van der Waals surface area (Å²) in [7, 11) is 0. The Morgan fingerprint density at radius 3 is 2.24 bits per heavy atom. The minimum absolute atomic E-state index is 0.00661. The van der Waals surface area contributed by atoms with E-state index in [1.54, 1.807) is 0 Å². The molecule has 0 spiro atoms. The second kappa shape index (κ2) is 6.87. The van der Waals surface area contributed by atoms with Crippen molar-refractivity contribution in [2.75, 3.05) is 6.54 Å². The largest absolute Gasteiger partial charge is 0.338 e. The molecule has 1 saturated carbocycles. The molecule has 1 aliphatic rings. The SMILES string of the molecule is CCNC(=O)N[C@H]1CC[C@H](C(C)C(C)C)CC1. The van der Waals surface area contributed by atoms with Gasteiger partial charge in [0.2, 0.25) is 0 Å². The van der Waals surface area contributed by atoms with Crippen LogP contribution in [-0.2, 0) is 0 Å². The number of hydrogen-bond acceptors (Lipinski definition) is 1. The molecule has 0 saturated heterocycles. The summed E-state index contributed by atoms with van der Waals surface area (Å²) < 4.78 is 0. The number of hydrogen-bond donors (Lipinski definition) is 2. The molecule has 100 valence electrons. The molecular formula is C14H28N2O. The Labute approximate surface area is 106 Å². The predicted molar refractivity (Wildman–Crippen MR) is 72.0 cm³/mol. The van der Waals surface area contributed by atoms with E-state index in [2.05, 4.69) is 31.4 Å². The smallest absolute Gasteiger partial charge is 0.314 e. The number of carbonyl (C=O) groups is 1. The van der Waals surface area contributed by atoms with Crippen molar-refractivity contribution < 1.29 is 4.79 Å². The van der Waals surface area contributed by atoms with Gasteiger partial charge in [0.1, 0.15) is 0 Å². The first kappa shape index (κ1) is 14.3. The molecule has 0 bridgehead atoms. The fraction of sp³-hybridized carbons (Fsp3) is 0.929. The molecule has 1 unspecified atom stereocenters. The topological polar surface area (TPSA) is 41.1 Å². The Morgan fingerprint density at radius 1 is 1.18 bits per heavy atom. The van der Waals surface area contributed by atoms with E-state index in [0.717, 1.165) is 30.6 Å². The Bertz CT molecular complexity index is 232. The van der Waals surface area contributed by atoms with Gasteiger partial charge in [0, 0.05) is 12.6 Å². The molecule has 0 heterocycles. The predicted octanol–water partition coefficient (Wildman–Crippen LogP) is 3.16. The van der Waals surface area contributed by atoms with Crippen LogP contribution in [0.4, 0.5) is 4.79 Å². The van der Waals surface area contributed by atoms with Crippen LogP contribution in [0, 0.1) is 17.8 Å². The summed E-state index contributed by atoms with van der Waals surface area (Å²) in [5.74, 6) is 2.43. The maximum absolute atomic E-state index is 11.4. The van der Waals surface area contributed by atoms with Crippen molar-refractivity contribution in [3.63, 3.8) is 0 Å². The van der Waals surface area contributed by atoms with Gasteiger partial charge in [-0.05, 0) is 50.4 Å². The number of amides is 2. The first-order chi connectivity index (χ1) is 8.04. The van der Waals surface area contributed by atoms with E-state index in [0.29, 0.717) is 12.6 Å². The summed E-state index contributed by atoms with van der Waals surface area (Å²) in [6.45, 7) is 9.63. The van der Waals surface area contributed by atoms with Gasteiger partial charge in [-0.25, -0.2) is 4.79 Å². The van der Waals surface area contributed by atoms with Crippen molar-refractivity contribution in [2.24, 2.45) is 17.8 Å². The van der Waals surface area contributed by atoms with Crippen molar-refractivity contribution in [1.82, 2.24) is 10.6 Å². The van der Waals surface area contributed by atoms with Crippen LogP contribution in [0.25, 0.3) is 0 Å². The highest BCUT2D eigenvalue weighted by Crippen LogP contribution is 2.33. The third-order valence-corrected chi connectivity index (χ3v) is 4.24. The van der Waals surface area contributed by atoms with Gasteiger partial charge < -0.3 is 10.6 Å². The van der Waals surface area contributed by atoms with E-state index in [1.165, 1.54) is 12.8 Å². The van der Waals surface area contributed by atoms with E-state index in [-0.39, 0.29) is 6.03 Å². The van der Waals surface area contributed by atoms with Crippen LogP contribution in [0.15, 0.2) is 0 Å². The lowest BCUT2D eigenvalue weighted by Crippen LogP contribution is -2.44. The van der Waals surface area contributed by atoms with Crippen molar-refractivity contribution >= 4 is 6.03 Å². The molecule has 0 radical (unpaired) electrons. The fourth-order valence-corrected chi connectivity index (χ4v) is 2.73. The molecule has 1 atom stereocenters. The van der Waals surface area contributed by atoms with Gasteiger partial charge in [-0.2, -0.15) is 0 Å². The zero-order valence-corrected chi connectivity index (χ0v) is 11.8. The van der Waals surface area contributed by atoms with Gasteiger partial charge in [0.15, 0.2) is 0 Å². The third kappa shape index (κ3) is 4.57. The summed E-state index contributed by atoms with van der Waals surface area (Å²) in [4.78, 5) is 11.4. The molecular weight excluding hydrogens is 212 g/mol. The van der Waals surface area contributed by atoms with Crippen LogP contribution >= 0.6 is 0 Å². The van der Waals surface area contributed by atoms with E-state index in [4.69, 9.17) is 0 Å². The molecule has 0 aromatic carbocycles. The molecule has 3 nitrogen and oxygen atoms in total.